The number of ether oxygens (including phenoxy) is 1. The molecule has 0 saturated carbocycles. The van der Waals surface area contributed by atoms with Crippen LogP contribution in [-0.4, -0.2) is 27.2 Å². The number of rotatable bonds is 4. The lowest BCUT2D eigenvalue weighted by Gasteiger charge is -2.20. The van der Waals surface area contributed by atoms with E-state index in [-0.39, 0.29) is 17.0 Å². The highest BCUT2D eigenvalue weighted by Crippen LogP contribution is 2.20. The minimum Gasteiger partial charge on any atom is -0.377 e. The van der Waals surface area contributed by atoms with Crippen molar-refractivity contribution in [1.29, 1.82) is 0 Å². The van der Waals surface area contributed by atoms with E-state index in [1.165, 1.54) is 12.1 Å². The van der Waals surface area contributed by atoms with Crippen LogP contribution in [0.3, 0.4) is 0 Å². The number of hydrogen-bond acceptors (Lipinski definition) is 3. The summed E-state index contributed by atoms with van der Waals surface area (Å²) in [5.74, 6) is -0.441. The molecule has 2 atom stereocenters. The zero-order chi connectivity index (χ0) is 14.0. The molecule has 0 bridgehead atoms. The molecule has 0 spiro atoms. The van der Waals surface area contributed by atoms with Gasteiger partial charge in [-0.2, -0.15) is 0 Å². The Hall–Kier alpha value is -0.980. The van der Waals surface area contributed by atoms with Gasteiger partial charge in [0.05, 0.1) is 11.0 Å². The number of hydrogen-bond donors (Lipinski definition) is 1. The Labute approximate surface area is 113 Å². The van der Waals surface area contributed by atoms with Crippen molar-refractivity contribution >= 4 is 10.0 Å². The average Bonchev–Trinajstić information content (AvgIpc) is 2.80. The molecule has 0 aliphatic carbocycles. The van der Waals surface area contributed by atoms with E-state index in [1.807, 2.05) is 0 Å². The summed E-state index contributed by atoms with van der Waals surface area (Å²) >= 11 is 0. The molecule has 1 saturated heterocycles. The largest absolute Gasteiger partial charge is 0.377 e. The predicted molar refractivity (Wildman–Crippen MR) is 69.9 cm³/mol. The van der Waals surface area contributed by atoms with Gasteiger partial charge in [0.2, 0.25) is 10.0 Å². The van der Waals surface area contributed by atoms with Crippen LogP contribution in [0.5, 0.6) is 0 Å². The molecule has 106 valence electrons. The van der Waals surface area contributed by atoms with Crippen molar-refractivity contribution < 1.29 is 17.5 Å². The van der Waals surface area contributed by atoms with Gasteiger partial charge in [-0.3, -0.25) is 0 Å². The van der Waals surface area contributed by atoms with Gasteiger partial charge in [0.25, 0.3) is 0 Å². The van der Waals surface area contributed by atoms with E-state index in [9.17, 15) is 12.8 Å². The van der Waals surface area contributed by atoms with E-state index in [2.05, 4.69) is 4.72 Å². The molecule has 0 aromatic heterocycles. The fraction of sp³-hybridized carbons (Fsp3) is 0.538. The monoisotopic (exact) mass is 287 g/mol. The number of aryl methyl sites for hydroxylation is 1. The standard InChI is InChI=1S/C13H18FNO3S/c1-9-8-11(14)5-6-13(9)19(16,17)15-10(2)12-4-3-7-18-12/h5-6,8,10,12,15H,3-4,7H2,1-2H3/t10-,12+/m0/s1. The fourth-order valence-corrected chi connectivity index (χ4v) is 3.79. The van der Waals surface area contributed by atoms with Crippen LogP contribution in [0.2, 0.25) is 0 Å². The van der Waals surface area contributed by atoms with Crippen molar-refractivity contribution in [2.75, 3.05) is 6.61 Å². The molecule has 1 heterocycles. The smallest absolute Gasteiger partial charge is 0.241 e. The fourth-order valence-electron chi connectivity index (χ4n) is 2.30. The first-order valence-corrected chi connectivity index (χ1v) is 7.78. The van der Waals surface area contributed by atoms with Gasteiger partial charge in [0, 0.05) is 12.6 Å². The van der Waals surface area contributed by atoms with Crippen LogP contribution < -0.4 is 4.72 Å². The van der Waals surface area contributed by atoms with Crippen LogP contribution in [-0.2, 0) is 14.8 Å². The maximum absolute atomic E-state index is 13.0. The molecule has 2 rings (SSSR count). The molecule has 19 heavy (non-hydrogen) atoms. The first kappa shape index (κ1) is 14.4. The summed E-state index contributed by atoms with van der Waals surface area (Å²) in [6.45, 7) is 4.03. The van der Waals surface area contributed by atoms with Gasteiger partial charge in [0.15, 0.2) is 0 Å². The average molecular weight is 287 g/mol. The predicted octanol–water partition coefficient (Wildman–Crippen LogP) is 1.98. The van der Waals surface area contributed by atoms with Gasteiger partial charge in [-0.15, -0.1) is 0 Å². The SMILES string of the molecule is Cc1cc(F)ccc1S(=O)(=O)N[C@@H](C)[C@H]1CCCO1. The van der Waals surface area contributed by atoms with E-state index in [0.29, 0.717) is 12.2 Å². The molecule has 6 heteroatoms. The maximum Gasteiger partial charge on any atom is 0.241 e. The number of sulfonamides is 1. The molecule has 1 N–H and O–H groups in total. The molecule has 0 amide bonds. The topological polar surface area (TPSA) is 55.4 Å². The zero-order valence-electron chi connectivity index (χ0n) is 11.0. The van der Waals surface area contributed by atoms with Crippen molar-refractivity contribution in [2.24, 2.45) is 0 Å². The van der Waals surface area contributed by atoms with Crippen molar-refractivity contribution in [3.8, 4) is 0 Å². The summed E-state index contributed by atoms with van der Waals surface area (Å²) in [6.07, 6.45) is 1.72. The van der Waals surface area contributed by atoms with Gasteiger partial charge < -0.3 is 4.74 Å². The second-order valence-electron chi connectivity index (χ2n) is 4.87. The molecule has 4 nitrogen and oxygen atoms in total. The van der Waals surface area contributed by atoms with Crippen molar-refractivity contribution in [3.05, 3.63) is 29.6 Å². The highest BCUT2D eigenvalue weighted by atomic mass is 32.2. The van der Waals surface area contributed by atoms with Crippen LogP contribution in [0, 0.1) is 12.7 Å². The lowest BCUT2D eigenvalue weighted by Crippen LogP contribution is -2.40. The van der Waals surface area contributed by atoms with E-state index >= 15 is 0 Å². The number of nitrogens with one attached hydrogen (secondary N) is 1. The zero-order valence-corrected chi connectivity index (χ0v) is 11.8. The number of benzene rings is 1. The molecular weight excluding hydrogens is 269 g/mol. The Morgan fingerprint density at radius 1 is 1.47 bits per heavy atom. The van der Waals surface area contributed by atoms with E-state index in [4.69, 9.17) is 4.74 Å². The molecule has 1 fully saturated rings. The van der Waals surface area contributed by atoms with Gasteiger partial charge >= 0.3 is 0 Å². The third-order valence-electron chi connectivity index (χ3n) is 3.29. The summed E-state index contributed by atoms with van der Waals surface area (Å²) in [6, 6.07) is 3.36. The molecular formula is C13H18FNO3S. The summed E-state index contributed by atoms with van der Waals surface area (Å²) < 4.78 is 45.6. The van der Waals surface area contributed by atoms with Crippen molar-refractivity contribution in [3.63, 3.8) is 0 Å². The van der Waals surface area contributed by atoms with Crippen molar-refractivity contribution in [2.45, 2.75) is 43.7 Å². The molecule has 1 aliphatic heterocycles. The van der Waals surface area contributed by atoms with Crippen LogP contribution >= 0.6 is 0 Å². The van der Waals surface area contributed by atoms with Gasteiger partial charge in [-0.05, 0) is 50.5 Å². The maximum atomic E-state index is 13.0. The molecule has 1 aliphatic rings. The van der Waals surface area contributed by atoms with Crippen molar-refractivity contribution in [1.82, 2.24) is 4.72 Å². The van der Waals surface area contributed by atoms with E-state index < -0.39 is 15.8 Å². The summed E-state index contributed by atoms with van der Waals surface area (Å²) in [4.78, 5) is 0.110. The summed E-state index contributed by atoms with van der Waals surface area (Å²) in [5, 5.41) is 0. The van der Waals surface area contributed by atoms with Crippen LogP contribution in [0.25, 0.3) is 0 Å². The first-order valence-electron chi connectivity index (χ1n) is 6.30. The second-order valence-corrected chi connectivity index (χ2v) is 6.55. The summed E-state index contributed by atoms with van der Waals surface area (Å²) in [5.41, 5.74) is 0.395. The van der Waals surface area contributed by atoms with Gasteiger partial charge in [-0.1, -0.05) is 0 Å². The molecule has 0 unspecified atom stereocenters. The minimum absolute atomic E-state index is 0.0875. The van der Waals surface area contributed by atoms with Crippen LogP contribution in [0.1, 0.15) is 25.3 Å². The second kappa shape index (κ2) is 5.56. The third-order valence-corrected chi connectivity index (χ3v) is 5.01. The lowest BCUT2D eigenvalue weighted by molar-refractivity contribution is 0.0902. The first-order chi connectivity index (χ1) is 8.90. The Morgan fingerprint density at radius 3 is 2.79 bits per heavy atom. The normalized spacial score (nSPS) is 21.5. The molecule has 0 radical (unpaired) electrons. The quantitative estimate of drug-likeness (QED) is 0.921. The van der Waals surface area contributed by atoms with Gasteiger partial charge in [-0.25, -0.2) is 17.5 Å². The Kier molecular flexibility index (Phi) is 4.23. The van der Waals surface area contributed by atoms with E-state index in [0.717, 1.165) is 18.9 Å². The Balaban J connectivity index is 2.17. The van der Waals surface area contributed by atoms with Crippen LogP contribution in [0.4, 0.5) is 4.39 Å². The highest BCUT2D eigenvalue weighted by molar-refractivity contribution is 7.89. The molecule has 1 aromatic rings. The molecule has 1 aromatic carbocycles. The summed E-state index contributed by atoms with van der Waals surface area (Å²) in [7, 11) is -3.64. The minimum atomic E-state index is -3.64. The lowest BCUT2D eigenvalue weighted by atomic mass is 10.1. The number of halogens is 1. The van der Waals surface area contributed by atoms with Gasteiger partial charge in [0.1, 0.15) is 5.82 Å². The van der Waals surface area contributed by atoms with Crippen LogP contribution in [0.15, 0.2) is 23.1 Å². The third kappa shape index (κ3) is 3.32. The Bertz CT molecular complexity index is 553. The Morgan fingerprint density at radius 2 is 2.21 bits per heavy atom. The van der Waals surface area contributed by atoms with E-state index in [1.54, 1.807) is 13.8 Å². The highest BCUT2D eigenvalue weighted by Gasteiger charge is 2.27.